The minimum absolute atomic E-state index is 0.148. The molecule has 0 aliphatic rings. The van der Waals surface area contributed by atoms with Crippen LogP contribution in [0, 0.1) is 11.8 Å². The Morgan fingerprint density at radius 3 is 2.14 bits per heavy atom. The van der Waals surface area contributed by atoms with Crippen molar-refractivity contribution in [1.29, 1.82) is 0 Å². The van der Waals surface area contributed by atoms with Crippen molar-refractivity contribution in [2.75, 3.05) is 19.6 Å². The summed E-state index contributed by atoms with van der Waals surface area (Å²) < 4.78 is 0. The molecule has 0 heterocycles. The summed E-state index contributed by atoms with van der Waals surface area (Å²) in [5, 5.41) is 6.13. The van der Waals surface area contributed by atoms with Crippen molar-refractivity contribution >= 4 is 5.91 Å². The molecule has 0 aliphatic carbocycles. The van der Waals surface area contributed by atoms with Crippen molar-refractivity contribution in [3.8, 4) is 0 Å². The first-order chi connectivity index (χ1) is 6.52. The maximum atomic E-state index is 11.2. The second kappa shape index (κ2) is 7.80. The fourth-order valence-electron chi connectivity index (χ4n) is 0.999. The Labute approximate surface area is 87.6 Å². The first-order valence-corrected chi connectivity index (χ1v) is 5.49. The van der Waals surface area contributed by atoms with E-state index in [0.29, 0.717) is 18.3 Å². The van der Waals surface area contributed by atoms with E-state index in [9.17, 15) is 4.79 Å². The predicted molar refractivity (Wildman–Crippen MR) is 60.2 cm³/mol. The molecular formula is C11H24N2O. The zero-order chi connectivity index (χ0) is 11.0. The van der Waals surface area contributed by atoms with E-state index < -0.39 is 0 Å². The summed E-state index contributed by atoms with van der Waals surface area (Å²) in [7, 11) is 0. The Hall–Kier alpha value is -0.570. The van der Waals surface area contributed by atoms with Crippen LogP contribution >= 0.6 is 0 Å². The van der Waals surface area contributed by atoms with Crippen LogP contribution in [0.5, 0.6) is 0 Å². The Balaban J connectivity index is 3.27. The van der Waals surface area contributed by atoms with E-state index in [-0.39, 0.29) is 5.91 Å². The van der Waals surface area contributed by atoms with Gasteiger partial charge in [0.2, 0.25) is 5.91 Å². The molecule has 3 nitrogen and oxygen atoms in total. The van der Waals surface area contributed by atoms with E-state index in [0.717, 1.165) is 19.6 Å². The van der Waals surface area contributed by atoms with Gasteiger partial charge >= 0.3 is 0 Å². The van der Waals surface area contributed by atoms with E-state index in [1.54, 1.807) is 0 Å². The van der Waals surface area contributed by atoms with E-state index in [1.165, 1.54) is 0 Å². The van der Waals surface area contributed by atoms with Gasteiger partial charge < -0.3 is 10.6 Å². The highest BCUT2D eigenvalue weighted by Crippen LogP contribution is 1.89. The van der Waals surface area contributed by atoms with Gasteiger partial charge in [-0.3, -0.25) is 4.79 Å². The zero-order valence-electron chi connectivity index (χ0n) is 9.89. The van der Waals surface area contributed by atoms with Crippen LogP contribution in [0.2, 0.25) is 0 Å². The van der Waals surface area contributed by atoms with Crippen molar-refractivity contribution < 1.29 is 4.79 Å². The molecule has 0 aromatic carbocycles. The summed E-state index contributed by atoms with van der Waals surface area (Å²) >= 11 is 0. The van der Waals surface area contributed by atoms with Crippen molar-refractivity contribution in [2.24, 2.45) is 11.8 Å². The van der Waals surface area contributed by atoms with Gasteiger partial charge in [0.25, 0.3) is 0 Å². The highest BCUT2D eigenvalue weighted by atomic mass is 16.1. The molecule has 0 unspecified atom stereocenters. The number of rotatable bonds is 7. The summed E-state index contributed by atoms with van der Waals surface area (Å²) in [5.41, 5.74) is 0. The Morgan fingerprint density at radius 1 is 1.07 bits per heavy atom. The number of amides is 1. The summed E-state index contributed by atoms with van der Waals surface area (Å²) in [4.78, 5) is 11.2. The molecular weight excluding hydrogens is 176 g/mol. The second-order valence-corrected chi connectivity index (χ2v) is 4.55. The fourth-order valence-corrected chi connectivity index (χ4v) is 0.999. The number of carbonyl (C=O) groups excluding carboxylic acids is 1. The predicted octanol–water partition coefficient (Wildman–Crippen LogP) is 1.39. The molecule has 0 rings (SSSR count). The van der Waals surface area contributed by atoms with Crippen LogP contribution in [0.3, 0.4) is 0 Å². The van der Waals surface area contributed by atoms with E-state index >= 15 is 0 Å². The third-order valence-corrected chi connectivity index (χ3v) is 1.79. The largest absolute Gasteiger partial charge is 0.356 e. The summed E-state index contributed by atoms with van der Waals surface area (Å²) in [6.45, 7) is 11.1. The second-order valence-electron chi connectivity index (χ2n) is 4.55. The number of hydrogen-bond acceptors (Lipinski definition) is 2. The summed E-state index contributed by atoms with van der Waals surface area (Å²) in [6, 6.07) is 0. The number of carbonyl (C=O) groups is 1. The van der Waals surface area contributed by atoms with E-state index in [1.807, 2.05) is 0 Å². The van der Waals surface area contributed by atoms with Crippen LogP contribution in [-0.4, -0.2) is 25.5 Å². The molecule has 0 saturated carbocycles. The minimum Gasteiger partial charge on any atom is -0.356 e. The molecule has 0 spiro atoms. The lowest BCUT2D eigenvalue weighted by Crippen LogP contribution is -2.31. The van der Waals surface area contributed by atoms with Crippen molar-refractivity contribution in [2.45, 2.75) is 34.1 Å². The molecule has 0 saturated heterocycles. The molecule has 0 aromatic rings. The quantitative estimate of drug-likeness (QED) is 0.610. The maximum absolute atomic E-state index is 11.2. The van der Waals surface area contributed by atoms with Crippen molar-refractivity contribution in [1.82, 2.24) is 10.6 Å². The standard InChI is InChI=1S/C11H24N2O/c1-9(2)7-12-6-5-11(14)13-8-10(3)4/h9-10,12H,5-8H2,1-4H3,(H,13,14). The summed E-state index contributed by atoms with van der Waals surface area (Å²) in [6.07, 6.45) is 0.583. The maximum Gasteiger partial charge on any atom is 0.221 e. The zero-order valence-corrected chi connectivity index (χ0v) is 9.89. The molecule has 1 amide bonds. The van der Waals surface area contributed by atoms with Gasteiger partial charge in [-0.25, -0.2) is 0 Å². The lowest BCUT2D eigenvalue weighted by atomic mass is 10.2. The average Bonchev–Trinajstić information content (AvgIpc) is 2.08. The minimum atomic E-state index is 0.148. The van der Waals surface area contributed by atoms with Crippen LogP contribution in [0.1, 0.15) is 34.1 Å². The normalized spacial score (nSPS) is 11.0. The molecule has 0 fully saturated rings. The third-order valence-electron chi connectivity index (χ3n) is 1.79. The van der Waals surface area contributed by atoms with Gasteiger partial charge in [-0.1, -0.05) is 27.7 Å². The van der Waals surface area contributed by atoms with E-state index in [2.05, 4.69) is 38.3 Å². The monoisotopic (exact) mass is 200 g/mol. The van der Waals surface area contributed by atoms with E-state index in [4.69, 9.17) is 0 Å². The first kappa shape index (κ1) is 13.4. The summed E-state index contributed by atoms with van der Waals surface area (Å²) in [5.74, 6) is 1.33. The molecule has 0 radical (unpaired) electrons. The van der Waals surface area contributed by atoms with Crippen molar-refractivity contribution in [3.63, 3.8) is 0 Å². The van der Waals surface area contributed by atoms with Gasteiger partial charge in [0, 0.05) is 19.5 Å². The molecule has 3 heteroatoms. The van der Waals surface area contributed by atoms with Crippen LogP contribution in [-0.2, 0) is 4.79 Å². The van der Waals surface area contributed by atoms with Gasteiger partial charge in [0.15, 0.2) is 0 Å². The van der Waals surface area contributed by atoms with Crippen molar-refractivity contribution in [3.05, 3.63) is 0 Å². The van der Waals surface area contributed by atoms with Gasteiger partial charge in [-0.2, -0.15) is 0 Å². The highest BCUT2D eigenvalue weighted by Gasteiger charge is 2.01. The van der Waals surface area contributed by atoms with Gasteiger partial charge in [-0.15, -0.1) is 0 Å². The van der Waals surface area contributed by atoms with Gasteiger partial charge in [0.05, 0.1) is 0 Å². The SMILES string of the molecule is CC(C)CNCCC(=O)NCC(C)C. The van der Waals surface area contributed by atoms with Crippen LogP contribution in [0.25, 0.3) is 0 Å². The van der Waals surface area contributed by atoms with Gasteiger partial charge in [-0.05, 0) is 18.4 Å². The number of hydrogen-bond donors (Lipinski definition) is 2. The lowest BCUT2D eigenvalue weighted by Gasteiger charge is -2.09. The third kappa shape index (κ3) is 9.52. The number of nitrogens with one attached hydrogen (secondary N) is 2. The molecule has 0 atom stereocenters. The first-order valence-electron chi connectivity index (χ1n) is 5.49. The topological polar surface area (TPSA) is 41.1 Å². The molecule has 2 N–H and O–H groups in total. The molecule has 0 aliphatic heterocycles. The highest BCUT2D eigenvalue weighted by molar-refractivity contribution is 5.76. The lowest BCUT2D eigenvalue weighted by molar-refractivity contribution is -0.121. The Kier molecular flexibility index (Phi) is 7.48. The average molecular weight is 200 g/mol. The van der Waals surface area contributed by atoms with Crippen LogP contribution < -0.4 is 10.6 Å². The fraction of sp³-hybridized carbons (Fsp3) is 0.909. The van der Waals surface area contributed by atoms with Gasteiger partial charge in [0.1, 0.15) is 0 Å². The van der Waals surface area contributed by atoms with Crippen LogP contribution in [0.4, 0.5) is 0 Å². The molecule has 14 heavy (non-hydrogen) atoms. The van der Waals surface area contributed by atoms with Crippen LogP contribution in [0.15, 0.2) is 0 Å². The Bertz CT molecular complexity index is 155. The molecule has 84 valence electrons. The molecule has 0 bridgehead atoms. The smallest absolute Gasteiger partial charge is 0.221 e. The Morgan fingerprint density at radius 2 is 1.64 bits per heavy atom. The molecule has 0 aromatic heterocycles.